The molecule has 0 aromatic heterocycles. The molecule has 0 saturated carbocycles. The number of ether oxygens (including phenoxy) is 1. The summed E-state index contributed by atoms with van der Waals surface area (Å²) in [7, 11) is 3.36. The van der Waals surface area contributed by atoms with Crippen molar-refractivity contribution in [1.29, 1.82) is 0 Å². The Kier molecular flexibility index (Phi) is 6.00. The number of nitrogens with zero attached hydrogens (tertiary/aromatic N) is 1. The number of aryl methyl sites for hydroxylation is 1. The first-order valence-corrected chi connectivity index (χ1v) is 7.86. The van der Waals surface area contributed by atoms with Gasteiger partial charge in [0.15, 0.2) is 6.61 Å². The van der Waals surface area contributed by atoms with Crippen LogP contribution in [0.2, 0.25) is 0 Å². The van der Waals surface area contributed by atoms with Gasteiger partial charge in [-0.05, 0) is 42.3 Å². The summed E-state index contributed by atoms with van der Waals surface area (Å²) in [5.41, 5.74) is 3.01. The molecule has 0 atom stereocenters. The van der Waals surface area contributed by atoms with Crippen molar-refractivity contribution in [3.8, 4) is 5.75 Å². The quantitative estimate of drug-likeness (QED) is 0.809. The lowest BCUT2D eigenvalue weighted by atomic mass is 10.1. The van der Waals surface area contributed by atoms with Crippen LogP contribution in [0, 0.1) is 6.92 Å². The van der Waals surface area contributed by atoms with E-state index in [0.29, 0.717) is 12.3 Å². The predicted molar refractivity (Wildman–Crippen MR) is 96.1 cm³/mol. The van der Waals surface area contributed by atoms with Gasteiger partial charge >= 0.3 is 5.97 Å². The number of carbonyl (C=O) groups is 2. The zero-order chi connectivity index (χ0) is 18.4. The summed E-state index contributed by atoms with van der Waals surface area (Å²) in [6.07, 6.45) is 0. The molecule has 0 spiro atoms. The van der Waals surface area contributed by atoms with Crippen LogP contribution in [-0.2, 0) is 11.3 Å². The molecule has 0 saturated heterocycles. The number of amides is 1. The molecular weight excluding hydrogens is 320 g/mol. The summed E-state index contributed by atoms with van der Waals surface area (Å²) < 4.78 is 5.65. The third-order valence-electron chi connectivity index (χ3n) is 3.67. The van der Waals surface area contributed by atoms with Crippen LogP contribution in [0.1, 0.15) is 21.5 Å². The van der Waals surface area contributed by atoms with Crippen molar-refractivity contribution in [2.75, 3.05) is 26.0 Å². The second kappa shape index (κ2) is 8.19. The van der Waals surface area contributed by atoms with Gasteiger partial charge in [0.25, 0.3) is 5.91 Å². The van der Waals surface area contributed by atoms with Gasteiger partial charge in [0.1, 0.15) is 5.75 Å². The number of aromatic carboxylic acids is 1. The fraction of sp³-hybridized carbons (Fsp3) is 0.263. The predicted octanol–water partition coefficient (Wildman–Crippen LogP) is 2.77. The van der Waals surface area contributed by atoms with Crippen molar-refractivity contribution in [1.82, 2.24) is 4.90 Å². The number of anilines is 1. The second-order valence-electron chi connectivity index (χ2n) is 5.93. The molecule has 0 aliphatic rings. The molecule has 6 nitrogen and oxygen atoms in total. The minimum Gasteiger partial charge on any atom is -0.482 e. The van der Waals surface area contributed by atoms with E-state index in [-0.39, 0.29) is 18.1 Å². The van der Waals surface area contributed by atoms with Crippen LogP contribution in [-0.4, -0.2) is 42.6 Å². The minimum atomic E-state index is -0.945. The molecule has 0 bridgehead atoms. The lowest BCUT2D eigenvalue weighted by molar-refractivity contribution is -0.130. The van der Waals surface area contributed by atoms with Crippen LogP contribution >= 0.6 is 0 Å². The van der Waals surface area contributed by atoms with Crippen LogP contribution in [0.5, 0.6) is 5.75 Å². The van der Waals surface area contributed by atoms with Gasteiger partial charge in [0.05, 0.1) is 11.3 Å². The maximum absolute atomic E-state index is 11.7. The second-order valence-corrected chi connectivity index (χ2v) is 5.93. The number of carboxylic acids is 1. The standard InChI is InChI=1S/C19H22N2O4/c1-13-4-9-16(17(10-13)25-12-18(22)21(2)3)20-11-14-5-7-15(8-6-14)19(23)24/h4-10,20H,11-12H2,1-3H3,(H,23,24). The molecule has 132 valence electrons. The third kappa shape index (κ3) is 5.24. The highest BCUT2D eigenvalue weighted by Gasteiger charge is 2.09. The van der Waals surface area contributed by atoms with E-state index in [4.69, 9.17) is 9.84 Å². The average Bonchev–Trinajstić information content (AvgIpc) is 2.59. The van der Waals surface area contributed by atoms with Gasteiger partial charge in [-0.3, -0.25) is 4.79 Å². The Morgan fingerprint density at radius 3 is 2.40 bits per heavy atom. The topological polar surface area (TPSA) is 78.9 Å². The van der Waals surface area contributed by atoms with Crippen molar-refractivity contribution in [2.24, 2.45) is 0 Å². The van der Waals surface area contributed by atoms with Crippen molar-refractivity contribution in [3.63, 3.8) is 0 Å². The molecular formula is C19H22N2O4. The van der Waals surface area contributed by atoms with Crippen molar-refractivity contribution in [2.45, 2.75) is 13.5 Å². The van der Waals surface area contributed by atoms with Crippen LogP contribution < -0.4 is 10.1 Å². The molecule has 0 aliphatic carbocycles. The molecule has 25 heavy (non-hydrogen) atoms. The average molecular weight is 342 g/mol. The van der Waals surface area contributed by atoms with E-state index in [9.17, 15) is 9.59 Å². The van der Waals surface area contributed by atoms with Crippen LogP contribution in [0.3, 0.4) is 0 Å². The van der Waals surface area contributed by atoms with Gasteiger partial charge in [-0.15, -0.1) is 0 Å². The fourth-order valence-corrected chi connectivity index (χ4v) is 2.13. The number of nitrogens with one attached hydrogen (secondary N) is 1. The number of carbonyl (C=O) groups excluding carboxylic acids is 1. The Morgan fingerprint density at radius 2 is 1.80 bits per heavy atom. The van der Waals surface area contributed by atoms with Crippen molar-refractivity contribution in [3.05, 3.63) is 59.2 Å². The van der Waals surface area contributed by atoms with E-state index in [1.54, 1.807) is 38.4 Å². The van der Waals surface area contributed by atoms with E-state index in [2.05, 4.69) is 5.32 Å². The number of carboxylic acid groups (broad SMARTS) is 1. The molecule has 2 aromatic carbocycles. The van der Waals surface area contributed by atoms with Gasteiger partial charge < -0.3 is 20.1 Å². The van der Waals surface area contributed by atoms with E-state index < -0.39 is 5.97 Å². The van der Waals surface area contributed by atoms with Gasteiger partial charge in [0, 0.05) is 20.6 Å². The fourth-order valence-electron chi connectivity index (χ4n) is 2.13. The Bertz CT molecular complexity index is 755. The highest BCUT2D eigenvalue weighted by Crippen LogP contribution is 2.26. The number of benzene rings is 2. The highest BCUT2D eigenvalue weighted by atomic mass is 16.5. The monoisotopic (exact) mass is 342 g/mol. The zero-order valence-electron chi connectivity index (χ0n) is 14.6. The number of hydrogen-bond acceptors (Lipinski definition) is 4. The number of hydrogen-bond donors (Lipinski definition) is 2. The van der Waals surface area contributed by atoms with Gasteiger partial charge in [0.2, 0.25) is 0 Å². The number of likely N-dealkylation sites (N-methyl/N-ethyl adjacent to an activating group) is 1. The summed E-state index contributed by atoms with van der Waals surface area (Å²) in [5.74, 6) is -0.451. The Hall–Kier alpha value is -3.02. The Morgan fingerprint density at radius 1 is 1.12 bits per heavy atom. The summed E-state index contributed by atoms with van der Waals surface area (Å²) >= 11 is 0. The molecule has 0 radical (unpaired) electrons. The van der Waals surface area contributed by atoms with Crippen molar-refractivity contribution < 1.29 is 19.4 Å². The summed E-state index contributed by atoms with van der Waals surface area (Å²) in [4.78, 5) is 24.1. The van der Waals surface area contributed by atoms with Crippen molar-refractivity contribution >= 4 is 17.6 Å². The minimum absolute atomic E-state index is 0.0293. The normalized spacial score (nSPS) is 10.2. The zero-order valence-corrected chi connectivity index (χ0v) is 14.6. The molecule has 1 amide bonds. The Labute approximate surface area is 147 Å². The first kappa shape index (κ1) is 18.3. The maximum atomic E-state index is 11.7. The SMILES string of the molecule is Cc1ccc(NCc2ccc(C(=O)O)cc2)c(OCC(=O)N(C)C)c1. The first-order valence-electron chi connectivity index (χ1n) is 7.86. The molecule has 0 unspecified atom stereocenters. The van der Waals surface area contributed by atoms with Crippen LogP contribution in [0.15, 0.2) is 42.5 Å². The highest BCUT2D eigenvalue weighted by molar-refractivity contribution is 5.87. The molecule has 2 rings (SSSR count). The molecule has 0 heterocycles. The summed E-state index contributed by atoms with van der Waals surface area (Å²) in [6.45, 7) is 2.44. The lowest BCUT2D eigenvalue weighted by Gasteiger charge is -2.16. The Balaban J connectivity index is 2.05. The molecule has 6 heteroatoms. The van der Waals surface area contributed by atoms with Gasteiger partial charge in [-0.2, -0.15) is 0 Å². The molecule has 2 N–H and O–H groups in total. The third-order valence-corrected chi connectivity index (χ3v) is 3.67. The van der Waals surface area contributed by atoms with Gasteiger partial charge in [-0.25, -0.2) is 4.79 Å². The molecule has 0 aliphatic heterocycles. The first-order chi connectivity index (χ1) is 11.9. The largest absolute Gasteiger partial charge is 0.482 e. The van der Waals surface area contributed by atoms with E-state index in [1.807, 2.05) is 25.1 Å². The summed E-state index contributed by atoms with van der Waals surface area (Å²) in [6, 6.07) is 12.4. The maximum Gasteiger partial charge on any atom is 0.335 e. The number of rotatable bonds is 7. The van der Waals surface area contributed by atoms with E-state index in [0.717, 1.165) is 16.8 Å². The van der Waals surface area contributed by atoms with E-state index in [1.165, 1.54) is 4.90 Å². The molecule has 0 fully saturated rings. The van der Waals surface area contributed by atoms with E-state index >= 15 is 0 Å². The lowest BCUT2D eigenvalue weighted by Crippen LogP contribution is -2.27. The van der Waals surface area contributed by atoms with Gasteiger partial charge in [-0.1, -0.05) is 18.2 Å². The summed E-state index contributed by atoms with van der Waals surface area (Å²) in [5, 5.41) is 12.2. The molecule has 2 aromatic rings. The smallest absolute Gasteiger partial charge is 0.335 e. The van der Waals surface area contributed by atoms with Crippen LogP contribution in [0.25, 0.3) is 0 Å². The van der Waals surface area contributed by atoms with Crippen LogP contribution in [0.4, 0.5) is 5.69 Å².